The average molecular weight is 294 g/mol. The van der Waals surface area contributed by atoms with Gasteiger partial charge in [0.2, 0.25) is 5.91 Å². The summed E-state index contributed by atoms with van der Waals surface area (Å²) in [5.74, 6) is 1.88. The zero-order valence-corrected chi connectivity index (χ0v) is 13.3. The Bertz CT molecular complexity index is 435. The molecule has 1 amide bonds. The molecule has 1 aromatic carbocycles. The maximum atomic E-state index is 11.8. The highest BCUT2D eigenvalue weighted by molar-refractivity contribution is 5.81. The first kappa shape index (κ1) is 17.3. The lowest BCUT2D eigenvalue weighted by Gasteiger charge is -2.16. The van der Waals surface area contributed by atoms with Crippen LogP contribution in [0.25, 0.3) is 0 Å². The van der Waals surface area contributed by atoms with Crippen molar-refractivity contribution in [2.45, 2.75) is 26.8 Å². The molecule has 1 atom stereocenters. The Hall–Kier alpha value is -1.75. The molecule has 0 saturated carbocycles. The van der Waals surface area contributed by atoms with E-state index in [4.69, 9.17) is 9.47 Å². The summed E-state index contributed by atoms with van der Waals surface area (Å²) in [6.07, 6.45) is 0. The molecule has 21 heavy (non-hydrogen) atoms. The van der Waals surface area contributed by atoms with Gasteiger partial charge in [-0.2, -0.15) is 0 Å². The van der Waals surface area contributed by atoms with E-state index >= 15 is 0 Å². The third kappa shape index (κ3) is 6.49. The smallest absolute Gasteiger partial charge is 0.236 e. The zero-order chi connectivity index (χ0) is 15.7. The van der Waals surface area contributed by atoms with Crippen LogP contribution in [0.2, 0.25) is 0 Å². The Kier molecular flexibility index (Phi) is 7.61. The lowest BCUT2D eigenvalue weighted by Crippen LogP contribution is -2.44. The number of para-hydroxylation sites is 2. The zero-order valence-electron chi connectivity index (χ0n) is 13.3. The summed E-state index contributed by atoms with van der Waals surface area (Å²) in [6.45, 7) is 7.75. The molecular weight excluding hydrogens is 268 g/mol. The van der Waals surface area contributed by atoms with Gasteiger partial charge in [0.15, 0.2) is 11.5 Å². The molecule has 0 bridgehead atoms. The van der Waals surface area contributed by atoms with Crippen molar-refractivity contribution >= 4 is 5.91 Å². The highest BCUT2D eigenvalue weighted by Crippen LogP contribution is 2.25. The molecule has 0 aliphatic rings. The van der Waals surface area contributed by atoms with E-state index in [0.717, 1.165) is 0 Å². The standard InChI is InChI=1S/C16H26N2O3/c1-12(2)11-18-16(19)13(3)17-9-10-21-15-8-6-5-7-14(15)20-4/h5-8,12-13,17H,9-11H2,1-4H3,(H,18,19). The Labute approximate surface area is 127 Å². The summed E-state index contributed by atoms with van der Waals surface area (Å²) >= 11 is 0. The lowest BCUT2D eigenvalue weighted by atomic mass is 10.2. The van der Waals surface area contributed by atoms with Crippen molar-refractivity contribution in [1.82, 2.24) is 10.6 Å². The van der Waals surface area contributed by atoms with E-state index in [1.165, 1.54) is 0 Å². The van der Waals surface area contributed by atoms with Crippen LogP contribution in [0.15, 0.2) is 24.3 Å². The molecule has 0 saturated heterocycles. The second kappa shape index (κ2) is 9.23. The van der Waals surface area contributed by atoms with Crippen molar-refractivity contribution in [2.24, 2.45) is 5.92 Å². The van der Waals surface area contributed by atoms with Gasteiger partial charge in [-0.05, 0) is 25.0 Å². The fraction of sp³-hybridized carbons (Fsp3) is 0.562. The van der Waals surface area contributed by atoms with Crippen molar-refractivity contribution in [3.05, 3.63) is 24.3 Å². The quantitative estimate of drug-likeness (QED) is 0.682. The van der Waals surface area contributed by atoms with Gasteiger partial charge in [-0.1, -0.05) is 26.0 Å². The van der Waals surface area contributed by atoms with E-state index < -0.39 is 0 Å². The van der Waals surface area contributed by atoms with Gasteiger partial charge >= 0.3 is 0 Å². The maximum absolute atomic E-state index is 11.8. The van der Waals surface area contributed by atoms with Crippen LogP contribution >= 0.6 is 0 Å². The van der Waals surface area contributed by atoms with Gasteiger partial charge in [0, 0.05) is 13.1 Å². The summed E-state index contributed by atoms with van der Waals surface area (Å²) in [5.41, 5.74) is 0. The second-order valence-electron chi connectivity index (χ2n) is 5.31. The second-order valence-corrected chi connectivity index (χ2v) is 5.31. The molecule has 0 aliphatic heterocycles. The number of methoxy groups -OCH3 is 1. The van der Waals surface area contributed by atoms with E-state index in [1.807, 2.05) is 31.2 Å². The number of amides is 1. The van der Waals surface area contributed by atoms with Gasteiger partial charge in [0.05, 0.1) is 13.2 Å². The number of carbonyl (C=O) groups excluding carboxylic acids is 1. The molecule has 1 unspecified atom stereocenters. The van der Waals surface area contributed by atoms with Crippen LogP contribution in [-0.2, 0) is 4.79 Å². The monoisotopic (exact) mass is 294 g/mol. The average Bonchev–Trinajstić information content (AvgIpc) is 2.49. The van der Waals surface area contributed by atoms with Gasteiger partial charge < -0.3 is 20.1 Å². The number of hydrogen-bond acceptors (Lipinski definition) is 4. The molecule has 0 fully saturated rings. The van der Waals surface area contributed by atoms with Crippen LogP contribution in [0.1, 0.15) is 20.8 Å². The molecule has 1 aromatic rings. The largest absolute Gasteiger partial charge is 0.493 e. The summed E-state index contributed by atoms with van der Waals surface area (Å²) in [7, 11) is 1.61. The van der Waals surface area contributed by atoms with Gasteiger partial charge in [-0.15, -0.1) is 0 Å². The molecule has 0 radical (unpaired) electrons. The molecule has 0 spiro atoms. The summed E-state index contributed by atoms with van der Waals surface area (Å²) in [4.78, 5) is 11.8. The van der Waals surface area contributed by atoms with Gasteiger partial charge in [0.1, 0.15) is 6.61 Å². The van der Waals surface area contributed by atoms with E-state index in [9.17, 15) is 4.79 Å². The minimum absolute atomic E-state index is 0.0148. The minimum Gasteiger partial charge on any atom is -0.493 e. The van der Waals surface area contributed by atoms with E-state index in [-0.39, 0.29) is 11.9 Å². The minimum atomic E-state index is -0.231. The number of benzene rings is 1. The predicted molar refractivity (Wildman–Crippen MR) is 83.8 cm³/mol. The predicted octanol–water partition coefficient (Wildman–Crippen LogP) is 1.82. The molecule has 5 heteroatoms. The fourth-order valence-corrected chi connectivity index (χ4v) is 1.72. The van der Waals surface area contributed by atoms with Gasteiger partial charge in [-0.25, -0.2) is 0 Å². The normalized spacial score (nSPS) is 12.0. The van der Waals surface area contributed by atoms with E-state index in [1.54, 1.807) is 7.11 Å². The highest BCUT2D eigenvalue weighted by Gasteiger charge is 2.11. The van der Waals surface area contributed by atoms with Crippen molar-refractivity contribution in [1.29, 1.82) is 0 Å². The third-order valence-corrected chi connectivity index (χ3v) is 2.96. The highest BCUT2D eigenvalue weighted by atomic mass is 16.5. The summed E-state index contributed by atoms with van der Waals surface area (Å²) in [5, 5.41) is 6.03. The topological polar surface area (TPSA) is 59.6 Å². The third-order valence-electron chi connectivity index (χ3n) is 2.96. The van der Waals surface area contributed by atoms with Crippen LogP contribution in [0.5, 0.6) is 11.5 Å². The van der Waals surface area contributed by atoms with Crippen LogP contribution in [-0.4, -0.2) is 38.8 Å². The number of rotatable bonds is 9. The van der Waals surface area contributed by atoms with Gasteiger partial charge in [0.25, 0.3) is 0 Å². The van der Waals surface area contributed by atoms with Gasteiger partial charge in [-0.3, -0.25) is 4.79 Å². The van der Waals surface area contributed by atoms with Crippen molar-refractivity contribution in [3.8, 4) is 11.5 Å². The number of carbonyl (C=O) groups is 1. The molecule has 118 valence electrons. The Balaban J connectivity index is 2.25. The number of ether oxygens (including phenoxy) is 2. The lowest BCUT2D eigenvalue weighted by molar-refractivity contribution is -0.122. The number of hydrogen-bond donors (Lipinski definition) is 2. The van der Waals surface area contributed by atoms with Crippen LogP contribution in [0, 0.1) is 5.92 Å². The molecule has 0 heterocycles. The maximum Gasteiger partial charge on any atom is 0.236 e. The number of nitrogens with one attached hydrogen (secondary N) is 2. The molecular formula is C16H26N2O3. The first-order chi connectivity index (χ1) is 10.0. The summed E-state index contributed by atoms with van der Waals surface area (Å²) < 4.78 is 10.8. The van der Waals surface area contributed by atoms with E-state index in [2.05, 4.69) is 24.5 Å². The SMILES string of the molecule is COc1ccccc1OCCNC(C)C(=O)NCC(C)C. The fourth-order valence-electron chi connectivity index (χ4n) is 1.72. The Morgan fingerprint density at radius 2 is 1.86 bits per heavy atom. The summed E-state index contributed by atoms with van der Waals surface area (Å²) in [6, 6.07) is 7.27. The van der Waals surface area contributed by atoms with Crippen LogP contribution in [0.3, 0.4) is 0 Å². The molecule has 2 N–H and O–H groups in total. The Morgan fingerprint density at radius 3 is 2.48 bits per heavy atom. The molecule has 1 rings (SSSR count). The van der Waals surface area contributed by atoms with Crippen molar-refractivity contribution < 1.29 is 14.3 Å². The van der Waals surface area contributed by atoms with Crippen molar-refractivity contribution in [2.75, 3.05) is 26.8 Å². The van der Waals surface area contributed by atoms with E-state index in [0.29, 0.717) is 37.1 Å². The molecule has 0 aliphatic carbocycles. The Morgan fingerprint density at radius 1 is 1.19 bits per heavy atom. The van der Waals surface area contributed by atoms with Crippen LogP contribution in [0.4, 0.5) is 0 Å². The first-order valence-corrected chi connectivity index (χ1v) is 7.31. The molecule has 5 nitrogen and oxygen atoms in total. The van der Waals surface area contributed by atoms with Crippen molar-refractivity contribution in [3.63, 3.8) is 0 Å². The van der Waals surface area contributed by atoms with Crippen LogP contribution < -0.4 is 20.1 Å². The molecule has 0 aromatic heterocycles. The first-order valence-electron chi connectivity index (χ1n) is 7.31.